The van der Waals surface area contributed by atoms with E-state index in [0.29, 0.717) is 11.6 Å². The molecule has 0 unspecified atom stereocenters. The summed E-state index contributed by atoms with van der Waals surface area (Å²) in [6, 6.07) is 21.6. The molecule has 0 bridgehead atoms. The zero-order valence-electron chi connectivity index (χ0n) is 18.8. The maximum atomic E-state index is 13.2. The monoisotopic (exact) mass is 414 g/mol. The molecule has 0 spiro atoms. The van der Waals surface area contributed by atoms with Gasteiger partial charge in [0.1, 0.15) is 5.70 Å². The zero-order chi connectivity index (χ0) is 22.6. The number of rotatable bonds is 5. The highest BCUT2D eigenvalue weighted by Gasteiger charge is 2.24. The van der Waals surface area contributed by atoms with Gasteiger partial charge in [0.2, 0.25) is 5.91 Å². The fraction of sp³-hybridized carbons (Fsp3) is 0.259. The summed E-state index contributed by atoms with van der Waals surface area (Å²) in [4.78, 5) is 25.9. The molecule has 160 valence electrons. The molecule has 0 aliphatic heterocycles. The number of amides is 2. The van der Waals surface area contributed by atoms with E-state index in [1.54, 1.807) is 6.08 Å². The number of hydrogen-bond donors (Lipinski definition) is 2. The summed E-state index contributed by atoms with van der Waals surface area (Å²) < 4.78 is 0. The predicted octanol–water partition coefficient (Wildman–Crippen LogP) is 6.11. The fourth-order valence-electron chi connectivity index (χ4n) is 3.14. The highest BCUT2D eigenvalue weighted by Crippen LogP contribution is 2.24. The number of carbonyl (C=O) groups excluding carboxylic acids is 2. The number of anilines is 1. The van der Waals surface area contributed by atoms with Crippen molar-refractivity contribution < 1.29 is 9.59 Å². The fourth-order valence-corrected chi connectivity index (χ4v) is 3.14. The van der Waals surface area contributed by atoms with Crippen molar-refractivity contribution in [1.82, 2.24) is 5.32 Å². The van der Waals surface area contributed by atoms with Gasteiger partial charge in [-0.2, -0.15) is 0 Å². The molecule has 0 saturated carbocycles. The minimum atomic E-state index is -0.625. The van der Waals surface area contributed by atoms with Gasteiger partial charge < -0.3 is 10.6 Å². The third-order valence-corrected chi connectivity index (χ3v) is 5.13. The van der Waals surface area contributed by atoms with Crippen molar-refractivity contribution in [2.45, 2.75) is 40.5 Å². The molecule has 4 heteroatoms. The summed E-state index contributed by atoms with van der Waals surface area (Å²) in [5, 5.41) is 7.77. The van der Waals surface area contributed by atoms with E-state index in [1.165, 1.54) is 5.56 Å². The van der Waals surface area contributed by atoms with Crippen LogP contribution in [0.3, 0.4) is 0 Å². The lowest BCUT2D eigenvalue weighted by molar-refractivity contribution is -0.128. The molecule has 0 aromatic heterocycles. The molecule has 0 aliphatic carbocycles. The zero-order valence-corrected chi connectivity index (χ0v) is 18.8. The molecule has 0 radical (unpaired) electrons. The Bertz CT molecular complexity index is 1110. The average Bonchev–Trinajstić information content (AvgIpc) is 2.73. The SMILES string of the molecule is CC(C)c1ccc(/C=C(/NC(=O)C(C)(C)C)C(=O)Nc2cccc3ccccc23)cc1. The van der Waals surface area contributed by atoms with E-state index < -0.39 is 5.41 Å². The van der Waals surface area contributed by atoms with Gasteiger partial charge in [0, 0.05) is 16.5 Å². The standard InChI is InChI=1S/C27H30N2O2/c1-18(2)20-15-13-19(14-16-20)17-24(29-26(31)27(3,4)5)25(30)28-23-12-8-10-21-9-6-7-11-22(21)23/h6-18H,1-5H3,(H,28,30)(H,29,31)/b24-17+. The minimum Gasteiger partial charge on any atom is -0.321 e. The van der Waals surface area contributed by atoms with Crippen molar-refractivity contribution in [2.75, 3.05) is 5.32 Å². The maximum absolute atomic E-state index is 13.2. The Balaban J connectivity index is 1.94. The van der Waals surface area contributed by atoms with Crippen LogP contribution < -0.4 is 10.6 Å². The molecule has 3 aromatic rings. The minimum absolute atomic E-state index is 0.213. The van der Waals surface area contributed by atoms with Crippen molar-refractivity contribution >= 4 is 34.4 Å². The topological polar surface area (TPSA) is 58.2 Å². The van der Waals surface area contributed by atoms with Gasteiger partial charge in [0.25, 0.3) is 5.91 Å². The number of fused-ring (bicyclic) bond motifs is 1. The first-order valence-corrected chi connectivity index (χ1v) is 10.6. The van der Waals surface area contributed by atoms with Crippen molar-refractivity contribution in [3.05, 3.63) is 83.6 Å². The molecular formula is C27H30N2O2. The molecule has 3 rings (SSSR count). The van der Waals surface area contributed by atoms with Gasteiger partial charge in [-0.3, -0.25) is 9.59 Å². The van der Waals surface area contributed by atoms with Crippen LogP contribution in [0.15, 0.2) is 72.4 Å². The second kappa shape index (κ2) is 9.17. The molecule has 0 aliphatic rings. The largest absolute Gasteiger partial charge is 0.321 e. The van der Waals surface area contributed by atoms with Crippen molar-refractivity contribution in [2.24, 2.45) is 5.41 Å². The molecule has 0 heterocycles. The van der Waals surface area contributed by atoms with Gasteiger partial charge >= 0.3 is 0 Å². The first kappa shape index (κ1) is 22.3. The molecule has 3 aromatic carbocycles. The molecular weight excluding hydrogens is 384 g/mol. The van der Waals surface area contributed by atoms with Crippen molar-refractivity contribution in [3.8, 4) is 0 Å². The summed E-state index contributed by atoms with van der Waals surface area (Å²) in [5.41, 5.74) is 2.36. The maximum Gasteiger partial charge on any atom is 0.272 e. The molecule has 31 heavy (non-hydrogen) atoms. The van der Waals surface area contributed by atoms with Crippen LogP contribution in [0.5, 0.6) is 0 Å². The van der Waals surface area contributed by atoms with Crippen LogP contribution in [-0.2, 0) is 9.59 Å². The summed E-state index contributed by atoms with van der Waals surface area (Å²) >= 11 is 0. The number of carbonyl (C=O) groups is 2. The highest BCUT2D eigenvalue weighted by atomic mass is 16.2. The molecule has 0 saturated heterocycles. The van der Waals surface area contributed by atoms with Gasteiger partial charge in [-0.25, -0.2) is 0 Å². The molecule has 4 nitrogen and oxygen atoms in total. The summed E-state index contributed by atoms with van der Waals surface area (Å²) in [5.74, 6) is -0.153. The van der Waals surface area contributed by atoms with Gasteiger partial charge in [-0.05, 0) is 34.6 Å². The Labute approximate surface area is 184 Å². The highest BCUT2D eigenvalue weighted by molar-refractivity contribution is 6.12. The first-order chi connectivity index (χ1) is 14.6. The van der Waals surface area contributed by atoms with Gasteiger partial charge in [0.05, 0.1) is 0 Å². The Hall–Kier alpha value is -3.40. The Morgan fingerprint density at radius 3 is 2.16 bits per heavy atom. The average molecular weight is 415 g/mol. The first-order valence-electron chi connectivity index (χ1n) is 10.6. The molecule has 0 fully saturated rings. The van der Waals surface area contributed by atoms with Crippen LogP contribution in [0.2, 0.25) is 0 Å². The second-order valence-corrected chi connectivity index (χ2v) is 9.06. The summed E-state index contributed by atoms with van der Waals surface area (Å²) in [7, 11) is 0. The number of hydrogen-bond acceptors (Lipinski definition) is 2. The molecule has 2 amide bonds. The van der Waals surface area contributed by atoms with Crippen LogP contribution >= 0.6 is 0 Å². The lowest BCUT2D eigenvalue weighted by Gasteiger charge is -2.19. The van der Waals surface area contributed by atoms with E-state index in [9.17, 15) is 9.59 Å². The van der Waals surface area contributed by atoms with Gasteiger partial charge in [-0.1, -0.05) is 95.3 Å². The van der Waals surface area contributed by atoms with Crippen LogP contribution in [0.4, 0.5) is 5.69 Å². The van der Waals surface area contributed by atoms with Crippen molar-refractivity contribution in [3.63, 3.8) is 0 Å². The van der Waals surface area contributed by atoms with Crippen LogP contribution in [0.1, 0.15) is 51.7 Å². The van der Waals surface area contributed by atoms with Gasteiger partial charge in [0.15, 0.2) is 0 Å². The predicted molar refractivity (Wildman–Crippen MR) is 129 cm³/mol. The third kappa shape index (κ3) is 5.60. The second-order valence-electron chi connectivity index (χ2n) is 9.06. The Morgan fingerprint density at radius 2 is 1.52 bits per heavy atom. The van der Waals surface area contributed by atoms with E-state index in [4.69, 9.17) is 0 Å². The van der Waals surface area contributed by atoms with E-state index in [-0.39, 0.29) is 17.5 Å². The molecule has 2 N–H and O–H groups in total. The van der Waals surface area contributed by atoms with Gasteiger partial charge in [-0.15, -0.1) is 0 Å². The number of benzene rings is 3. The van der Waals surface area contributed by atoms with E-state index in [0.717, 1.165) is 16.3 Å². The van der Waals surface area contributed by atoms with E-state index >= 15 is 0 Å². The number of nitrogens with one attached hydrogen (secondary N) is 2. The smallest absolute Gasteiger partial charge is 0.272 e. The Morgan fingerprint density at radius 1 is 0.871 bits per heavy atom. The third-order valence-electron chi connectivity index (χ3n) is 5.13. The van der Waals surface area contributed by atoms with Crippen LogP contribution in [0, 0.1) is 5.41 Å². The summed E-state index contributed by atoms with van der Waals surface area (Å²) in [6.07, 6.45) is 1.72. The summed E-state index contributed by atoms with van der Waals surface area (Å²) in [6.45, 7) is 9.73. The van der Waals surface area contributed by atoms with E-state index in [1.807, 2.05) is 87.5 Å². The molecule has 0 atom stereocenters. The van der Waals surface area contributed by atoms with Crippen LogP contribution in [-0.4, -0.2) is 11.8 Å². The lowest BCUT2D eigenvalue weighted by atomic mass is 9.95. The quantitative estimate of drug-likeness (QED) is 0.495. The normalized spacial score (nSPS) is 12.1. The van der Waals surface area contributed by atoms with Crippen molar-refractivity contribution in [1.29, 1.82) is 0 Å². The lowest BCUT2D eigenvalue weighted by Crippen LogP contribution is -2.38. The Kier molecular flexibility index (Phi) is 6.59. The van der Waals surface area contributed by atoms with E-state index in [2.05, 4.69) is 24.5 Å². The van der Waals surface area contributed by atoms with Crippen LogP contribution in [0.25, 0.3) is 16.8 Å².